The van der Waals surface area contributed by atoms with Crippen molar-refractivity contribution >= 4 is 34.9 Å². The molecule has 25 heavy (non-hydrogen) atoms. The second-order valence-corrected chi connectivity index (χ2v) is 7.36. The normalized spacial score (nSPS) is 10.6. The van der Waals surface area contributed by atoms with Crippen molar-refractivity contribution in [3.8, 4) is 0 Å². The minimum absolute atomic E-state index is 0.261. The fraction of sp³-hybridized carbons (Fsp3) is 0.167. The standard InChI is InChI=1S/C18H16N2O3S2/c1-12-10-24-18(20-12)25-11-13-5-2-3-6-14(13)17(22)23-9-16(21)15-7-4-8-19-15/h2-8,10,19H,9,11H2,1H3. The predicted molar refractivity (Wildman–Crippen MR) is 98.3 cm³/mol. The zero-order valence-corrected chi connectivity index (χ0v) is 15.2. The van der Waals surface area contributed by atoms with Crippen LogP contribution in [0.15, 0.2) is 52.3 Å². The van der Waals surface area contributed by atoms with Gasteiger partial charge < -0.3 is 9.72 Å². The summed E-state index contributed by atoms with van der Waals surface area (Å²) in [5.74, 6) is -0.141. The van der Waals surface area contributed by atoms with E-state index in [9.17, 15) is 9.59 Å². The number of nitrogens with zero attached hydrogens (tertiary/aromatic N) is 1. The van der Waals surface area contributed by atoms with Gasteiger partial charge in [0.1, 0.15) is 4.34 Å². The summed E-state index contributed by atoms with van der Waals surface area (Å²) in [7, 11) is 0. The van der Waals surface area contributed by atoms with Crippen molar-refractivity contribution in [3.63, 3.8) is 0 Å². The number of thiazole rings is 1. The maximum absolute atomic E-state index is 12.3. The lowest BCUT2D eigenvalue weighted by Gasteiger charge is -2.08. The molecular formula is C18H16N2O3S2. The van der Waals surface area contributed by atoms with Crippen molar-refractivity contribution in [2.45, 2.75) is 17.0 Å². The molecule has 3 rings (SSSR count). The number of aromatic nitrogens is 2. The minimum atomic E-state index is -0.494. The molecule has 2 heterocycles. The number of H-pyrrole nitrogens is 1. The number of Topliss-reactive ketones (excluding diaryl/α,β-unsaturated/α-hetero) is 1. The van der Waals surface area contributed by atoms with Crippen LogP contribution < -0.4 is 0 Å². The van der Waals surface area contributed by atoms with Gasteiger partial charge in [-0.25, -0.2) is 9.78 Å². The Labute approximate surface area is 153 Å². The van der Waals surface area contributed by atoms with Gasteiger partial charge in [0.15, 0.2) is 6.61 Å². The van der Waals surface area contributed by atoms with Crippen molar-refractivity contribution in [1.29, 1.82) is 0 Å². The molecular weight excluding hydrogens is 356 g/mol. The van der Waals surface area contributed by atoms with Crippen LogP contribution in [0, 0.1) is 6.92 Å². The summed E-state index contributed by atoms with van der Waals surface area (Å²) < 4.78 is 6.14. The van der Waals surface area contributed by atoms with E-state index in [4.69, 9.17) is 4.74 Å². The third-order valence-corrected chi connectivity index (χ3v) is 5.61. The van der Waals surface area contributed by atoms with E-state index in [1.807, 2.05) is 24.4 Å². The molecule has 1 N–H and O–H groups in total. The molecule has 1 aromatic carbocycles. The quantitative estimate of drug-likeness (QED) is 0.384. The number of esters is 1. The van der Waals surface area contributed by atoms with Crippen molar-refractivity contribution < 1.29 is 14.3 Å². The SMILES string of the molecule is Cc1csc(SCc2ccccc2C(=O)OCC(=O)c2ccc[nH]2)n1. The molecule has 0 fully saturated rings. The molecule has 0 aliphatic heterocycles. The van der Waals surface area contributed by atoms with E-state index in [-0.39, 0.29) is 12.4 Å². The predicted octanol–water partition coefficient (Wildman–Crippen LogP) is 4.11. The molecule has 0 saturated carbocycles. The zero-order chi connectivity index (χ0) is 17.6. The fourth-order valence-electron chi connectivity index (χ4n) is 2.17. The molecule has 0 atom stereocenters. The maximum Gasteiger partial charge on any atom is 0.338 e. The number of thioether (sulfide) groups is 1. The first kappa shape index (κ1) is 17.4. The largest absolute Gasteiger partial charge is 0.454 e. The number of nitrogens with one attached hydrogen (secondary N) is 1. The summed E-state index contributed by atoms with van der Waals surface area (Å²) in [4.78, 5) is 31.5. The Morgan fingerprint density at radius 1 is 1.24 bits per heavy atom. The Morgan fingerprint density at radius 2 is 2.08 bits per heavy atom. The van der Waals surface area contributed by atoms with Crippen LogP contribution in [0.3, 0.4) is 0 Å². The van der Waals surface area contributed by atoms with Gasteiger partial charge in [0.2, 0.25) is 5.78 Å². The minimum Gasteiger partial charge on any atom is -0.454 e. The molecule has 0 unspecified atom stereocenters. The Bertz CT molecular complexity index is 872. The Hall–Kier alpha value is -2.38. The number of carbonyl (C=O) groups excluding carboxylic acids is 2. The van der Waals surface area contributed by atoms with Gasteiger partial charge in [0.05, 0.1) is 11.3 Å². The van der Waals surface area contributed by atoms with Crippen molar-refractivity contribution in [2.24, 2.45) is 0 Å². The highest BCUT2D eigenvalue weighted by Gasteiger charge is 2.15. The van der Waals surface area contributed by atoms with Gasteiger partial charge in [0.25, 0.3) is 0 Å². The highest BCUT2D eigenvalue weighted by molar-refractivity contribution is 8.00. The third-order valence-electron chi connectivity index (χ3n) is 3.42. The number of ketones is 1. The number of ether oxygens (including phenoxy) is 1. The van der Waals surface area contributed by atoms with Gasteiger partial charge in [-0.1, -0.05) is 30.0 Å². The zero-order valence-electron chi connectivity index (χ0n) is 13.5. The lowest BCUT2D eigenvalue weighted by Crippen LogP contribution is -2.15. The van der Waals surface area contributed by atoms with Crippen molar-refractivity contribution in [2.75, 3.05) is 6.61 Å². The second-order valence-electron chi connectivity index (χ2n) is 5.28. The molecule has 0 bridgehead atoms. The number of aryl methyl sites for hydroxylation is 1. The molecule has 0 radical (unpaired) electrons. The summed E-state index contributed by atoms with van der Waals surface area (Å²) in [5.41, 5.74) is 2.75. The fourth-order valence-corrected chi connectivity index (χ4v) is 4.03. The van der Waals surface area contributed by atoms with Gasteiger partial charge in [0, 0.05) is 23.0 Å². The van der Waals surface area contributed by atoms with E-state index in [0.717, 1.165) is 15.6 Å². The maximum atomic E-state index is 12.3. The first-order chi connectivity index (χ1) is 12.1. The Kier molecular flexibility index (Phi) is 5.67. The van der Waals surface area contributed by atoms with E-state index in [2.05, 4.69) is 9.97 Å². The molecule has 3 aromatic rings. The van der Waals surface area contributed by atoms with Crippen LogP contribution in [0.4, 0.5) is 0 Å². The number of benzene rings is 1. The van der Waals surface area contributed by atoms with E-state index < -0.39 is 5.97 Å². The Balaban J connectivity index is 1.63. The average Bonchev–Trinajstić information content (AvgIpc) is 3.29. The summed E-state index contributed by atoms with van der Waals surface area (Å²) in [5, 5.41) is 1.99. The smallest absolute Gasteiger partial charge is 0.338 e. The highest BCUT2D eigenvalue weighted by atomic mass is 32.2. The molecule has 2 aromatic heterocycles. The molecule has 0 aliphatic carbocycles. The van der Waals surface area contributed by atoms with Gasteiger partial charge >= 0.3 is 5.97 Å². The molecule has 0 aliphatic rings. The van der Waals surface area contributed by atoms with Crippen molar-refractivity contribution in [1.82, 2.24) is 9.97 Å². The first-order valence-electron chi connectivity index (χ1n) is 7.60. The van der Waals surface area contributed by atoms with Crippen LogP contribution in [0.5, 0.6) is 0 Å². The molecule has 7 heteroatoms. The van der Waals surface area contributed by atoms with Gasteiger partial charge in [-0.2, -0.15) is 0 Å². The average molecular weight is 372 g/mol. The van der Waals surface area contributed by atoms with Crippen LogP contribution in [0.25, 0.3) is 0 Å². The summed E-state index contributed by atoms with van der Waals surface area (Å²) in [6, 6.07) is 10.6. The summed E-state index contributed by atoms with van der Waals surface area (Å²) in [6.45, 7) is 1.67. The number of hydrogen-bond acceptors (Lipinski definition) is 6. The lowest BCUT2D eigenvalue weighted by atomic mass is 10.1. The molecule has 5 nitrogen and oxygen atoms in total. The summed E-state index contributed by atoms with van der Waals surface area (Å²) >= 11 is 3.16. The van der Waals surface area contributed by atoms with Crippen LogP contribution in [0.2, 0.25) is 0 Å². The van der Waals surface area contributed by atoms with E-state index >= 15 is 0 Å². The van der Waals surface area contributed by atoms with Gasteiger partial charge in [-0.15, -0.1) is 11.3 Å². The monoisotopic (exact) mass is 372 g/mol. The number of hydrogen-bond donors (Lipinski definition) is 1. The molecule has 0 saturated heterocycles. The topological polar surface area (TPSA) is 72.1 Å². The Morgan fingerprint density at radius 3 is 2.80 bits per heavy atom. The number of carbonyl (C=O) groups is 2. The molecule has 0 spiro atoms. The highest BCUT2D eigenvalue weighted by Crippen LogP contribution is 2.27. The number of rotatable bonds is 7. The van der Waals surface area contributed by atoms with Crippen LogP contribution in [-0.4, -0.2) is 28.3 Å². The second kappa shape index (κ2) is 8.13. The van der Waals surface area contributed by atoms with Crippen LogP contribution in [-0.2, 0) is 10.5 Å². The molecule has 0 amide bonds. The van der Waals surface area contributed by atoms with E-state index in [0.29, 0.717) is 17.0 Å². The number of aromatic amines is 1. The van der Waals surface area contributed by atoms with Gasteiger partial charge in [-0.05, 0) is 30.7 Å². The third kappa shape index (κ3) is 4.58. The van der Waals surface area contributed by atoms with Gasteiger partial charge in [-0.3, -0.25) is 4.79 Å². The lowest BCUT2D eigenvalue weighted by molar-refractivity contribution is 0.0473. The van der Waals surface area contributed by atoms with Crippen LogP contribution >= 0.6 is 23.1 Å². The van der Waals surface area contributed by atoms with Crippen molar-refractivity contribution in [3.05, 3.63) is 70.5 Å². The van der Waals surface area contributed by atoms with Crippen LogP contribution in [0.1, 0.15) is 32.1 Å². The summed E-state index contributed by atoms with van der Waals surface area (Å²) in [6.07, 6.45) is 1.65. The first-order valence-corrected chi connectivity index (χ1v) is 9.46. The van der Waals surface area contributed by atoms with E-state index in [1.165, 1.54) is 0 Å². The molecule has 128 valence electrons. The van der Waals surface area contributed by atoms with E-state index in [1.54, 1.807) is 53.6 Å².